The molecule has 1 aromatic rings. The molecule has 0 aromatic carbocycles. The third-order valence-electron chi connectivity index (χ3n) is 2.08. The zero-order valence-corrected chi connectivity index (χ0v) is 7.87. The molecular weight excluding hydrogens is 169 g/mol. The van der Waals surface area contributed by atoms with E-state index in [1.54, 1.807) is 6.07 Å². The molecule has 3 nitrogen and oxygen atoms in total. The van der Waals surface area contributed by atoms with E-state index in [9.17, 15) is 4.39 Å². The molecule has 0 bridgehead atoms. The summed E-state index contributed by atoms with van der Waals surface area (Å²) in [5, 5.41) is 0. The largest absolute Gasteiger partial charge is 0.356 e. The van der Waals surface area contributed by atoms with Crippen LogP contribution in [0.25, 0.3) is 0 Å². The van der Waals surface area contributed by atoms with Crippen LogP contribution >= 0.6 is 0 Å². The Morgan fingerprint density at radius 3 is 2.77 bits per heavy atom. The van der Waals surface area contributed by atoms with Gasteiger partial charge in [0.1, 0.15) is 11.6 Å². The van der Waals surface area contributed by atoms with Gasteiger partial charge in [-0.15, -0.1) is 0 Å². The van der Waals surface area contributed by atoms with Gasteiger partial charge in [0.25, 0.3) is 0 Å². The Morgan fingerprint density at radius 1 is 1.62 bits per heavy atom. The highest BCUT2D eigenvalue weighted by atomic mass is 19.1. The van der Waals surface area contributed by atoms with E-state index in [1.165, 1.54) is 12.3 Å². The summed E-state index contributed by atoms with van der Waals surface area (Å²) in [7, 11) is 1.89. The third kappa shape index (κ3) is 2.39. The number of aromatic nitrogens is 1. The minimum absolute atomic E-state index is 0.206. The standard InChI is InChI=1S/C9H14FN3/c1-7(5-11)13(2)9-4-3-8(10)6-12-9/h3-4,6-7H,5,11H2,1-2H3. The van der Waals surface area contributed by atoms with Crippen LogP contribution in [0.3, 0.4) is 0 Å². The highest BCUT2D eigenvalue weighted by molar-refractivity contribution is 5.37. The number of hydrogen-bond acceptors (Lipinski definition) is 3. The second kappa shape index (κ2) is 4.18. The summed E-state index contributed by atoms with van der Waals surface area (Å²) in [5.41, 5.74) is 5.50. The zero-order chi connectivity index (χ0) is 9.84. The summed E-state index contributed by atoms with van der Waals surface area (Å²) < 4.78 is 12.5. The number of likely N-dealkylation sites (N-methyl/N-ethyl adjacent to an activating group) is 1. The quantitative estimate of drug-likeness (QED) is 0.760. The van der Waals surface area contributed by atoms with Crippen molar-refractivity contribution in [2.24, 2.45) is 5.73 Å². The van der Waals surface area contributed by atoms with E-state index in [2.05, 4.69) is 4.98 Å². The molecule has 1 atom stereocenters. The van der Waals surface area contributed by atoms with E-state index in [4.69, 9.17) is 5.73 Å². The summed E-state index contributed by atoms with van der Waals surface area (Å²) in [5.74, 6) is 0.414. The first kappa shape index (κ1) is 9.92. The van der Waals surface area contributed by atoms with Crippen molar-refractivity contribution < 1.29 is 4.39 Å². The monoisotopic (exact) mass is 183 g/mol. The maximum atomic E-state index is 12.5. The second-order valence-corrected chi connectivity index (χ2v) is 3.03. The Kier molecular flexibility index (Phi) is 3.19. The van der Waals surface area contributed by atoms with Crippen LogP contribution in [0.1, 0.15) is 6.92 Å². The third-order valence-corrected chi connectivity index (χ3v) is 2.08. The van der Waals surface area contributed by atoms with Crippen LogP contribution in [-0.2, 0) is 0 Å². The molecule has 0 fully saturated rings. The number of anilines is 1. The van der Waals surface area contributed by atoms with Gasteiger partial charge in [-0.1, -0.05) is 0 Å². The lowest BCUT2D eigenvalue weighted by atomic mass is 10.3. The fourth-order valence-corrected chi connectivity index (χ4v) is 0.961. The number of hydrogen-bond donors (Lipinski definition) is 1. The maximum Gasteiger partial charge on any atom is 0.141 e. The lowest BCUT2D eigenvalue weighted by molar-refractivity contribution is 0.618. The number of nitrogens with two attached hydrogens (primary N) is 1. The van der Waals surface area contributed by atoms with Gasteiger partial charge in [0.2, 0.25) is 0 Å². The van der Waals surface area contributed by atoms with E-state index >= 15 is 0 Å². The second-order valence-electron chi connectivity index (χ2n) is 3.03. The van der Waals surface area contributed by atoms with Crippen LogP contribution < -0.4 is 10.6 Å². The van der Waals surface area contributed by atoms with Crippen molar-refractivity contribution in [1.29, 1.82) is 0 Å². The molecule has 1 rings (SSSR count). The Morgan fingerprint density at radius 2 is 2.31 bits per heavy atom. The van der Waals surface area contributed by atoms with E-state index in [0.717, 1.165) is 5.82 Å². The number of nitrogens with zero attached hydrogens (tertiary/aromatic N) is 2. The van der Waals surface area contributed by atoms with Crippen molar-refractivity contribution in [2.45, 2.75) is 13.0 Å². The molecule has 0 aliphatic rings. The SMILES string of the molecule is CC(CN)N(C)c1ccc(F)cn1. The molecule has 0 radical (unpaired) electrons. The first-order chi connectivity index (χ1) is 6.15. The molecule has 0 aliphatic heterocycles. The van der Waals surface area contributed by atoms with Gasteiger partial charge in [0.05, 0.1) is 6.20 Å². The molecule has 0 saturated heterocycles. The lowest BCUT2D eigenvalue weighted by Crippen LogP contribution is -2.35. The van der Waals surface area contributed by atoms with E-state index < -0.39 is 0 Å². The van der Waals surface area contributed by atoms with Gasteiger partial charge in [-0.05, 0) is 19.1 Å². The number of rotatable bonds is 3. The van der Waals surface area contributed by atoms with Gasteiger partial charge < -0.3 is 10.6 Å². The molecule has 72 valence electrons. The maximum absolute atomic E-state index is 12.5. The van der Waals surface area contributed by atoms with Gasteiger partial charge in [0, 0.05) is 19.6 Å². The molecular formula is C9H14FN3. The predicted molar refractivity (Wildman–Crippen MR) is 51.1 cm³/mol. The lowest BCUT2D eigenvalue weighted by Gasteiger charge is -2.24. The molecule has 1 heterocycles. The number of pyridine rings is 1. The van der Waals surface area contributed by atoms with E-state index in [1.807, 2.05) is 18.9 Å². The minimum Gasteiger partial charge on any atom is -0.356 e. The highest BCUT2D eigenvalue weighted by Crippen LogP contribution is 2.10. The fraction of sp³-hybridized carbons (Fsp3) is 0.444. The van der Waals surface area contributed by atoms with Crippen molar-refractivity contribution >= 4 is 5.82 Å². The van der Waals surface area contributed by atoms with Crippen LogP contribution in [0, 0.1) is 5.82 Å². The van der Waals surface area contributed by atoms with Crippen LogP contribution in [0.5, 0.6) is 0 Å². The van der Waals surface area contributed by atoms with Crippen LogP contribution in [0.4, 0.5) is 10.2 Å². The Hall–Kier alpha value is -1.16. The molecule has 0 saturated carbocycles. The average Bonchev–Trinajstić information content (AvgIpc) is 2.17. The van der Waals surface area contributed by atoms with Gasteiger partial charge in [-0.3, -0.25) is 0 Å². The smallest absolute Gasteiger partial charge is 0.141 e. The normalized spacial score (nSPS) is 12.6. The molecule has 2 N–H and O–H groups in total. The molecule has 1 aromatic heterocycles. The first-order valence-corrected chi connectivity index (χ1v) is 4.19. The van der Waals surface area contributed by atoms with Gasteiger partial charge >= 0.3 is 0 Å². The minimum atomic E-state index is -0.322. The van der Waals surface area contributed by atoms with E-state index in [-0.39, 0.29) is 11.9 Å². The molecule has 13 heavy (non-hydrogen) atoms. The summed E-state index contributed by atoms with van der Waals surface area (Å²) in [4.78, 5) is 5.86. The molecule has 0 amide bonds. The predicted octanol–water partition coefficient (Wildman–Crippen LogP) is 1.00. The van der Waals surface area contributed by atoms with Gasteiger partial charge in [-0.25, -0.2) is 9.37 Å². The highest BCUT2D eigenvalue weighted by Gasteiger charge is 2.08. The van der Waals surface area contributed by atoms with Crippen LogP contribution in [0.2, 0.25) is 0 Å². The van der Waals surface area contributed by atoms with Gasteiger partial charge in [0.15, 0.2) is 0 Å². The fourth-order valence-electron chi connectivity index (χ4n) is 0.961. The first-order valence-electron chi connectivity index (χ1n) is 4.19. The summed E-state index contributed by atoms with van der Waals surface area (Å²) in [6.07, 6.45) is 1.20. The van der Waals surface area contributed by atoms with Crippen molar-refractivity contribution in [3.8, 4) is 0 Å². The van der Waals surface area contributed by atoms with E-state index in [0.29, 0.717) is 6.54 Å². The van der Waals surface area contributed by atoms with Gasteiger partial charge in [-0.2, -0.15) is 0 Å². The van der Waals surface area contributed by atoms with Crippen molar-refractivity contribution in [2.75, 3.05) is 18.5 Å². The Bertz CT molecular complexity index is 260. The summed E-state index contributed by atoms with van der Waals surface area (Å²) >= 11 is 0. The Labute approximate surface area is 77.4 Å². The number of halogens is 1. The zero-order valence-electron chi connectivity index (χ0n) is 7.87. The van der Waals surface area contributed by atoms with Crippen molar-refractivity contribution in [3.63, 3.8) is 0 Å². The molecule has 0 spiro atoms. The topological polar surface area (TPSA) is 42.1 Å². The van der Waals surface area contributed by atoms with Crippen LogP contribution in [-0.4, -0.2) is 24.6 Å². The Balaban J connectivity index is 2.77. The molecule has 0 aliphatic carbocycles. The summed E-state index contributed by atoms with van der Waals surface area (Å²) in [6.45, 7) is 2.54. The van der Waals surface area contributed by atoms with Crippen molar-refractivity contribution in [1.82, 2.24) is 4.98 Å². The summed E-state index contributed by atoms with van der Waals surface area (Å²) in [6, 6.07) is 3.24. The molecule has 4 heteroatoms. The van der Waals surface area contributed by atoms with Crippen LogP contribution in [0.15, 0.2) is 18.3 Å². The van der Waals surface area contributed by atoms with Crippen molar-refractivity contribution in [3.05, 3.63) is 24.1 Å². The average molecular weight is 183 g/mol. The molecule has 1 unspecified atom stereocenters.